The van der Waals surface area contributed by atoms with Crippen LogP contribution < -0.4 is 5.32 Å². The van der Waals surface area contributed by atoms with Crippen molar-refractivity contribution < 1.29 is 9.59 Å². The van der Waals surface area contributed by atoms with Gasteiger partial charge in [0, 0.05) is 4.90 Å². The van der Waals surface area contributed by atoms with E-state index in [-0.39, 0.29) is 11.9 Å². The van der Waals surface area contributed by atoms with E-state index < -0.39 is 5.54 Å². The Bertz CT molecular complexity index is 556. The molecule has 1 aromatic rings. The van der Waals surface area contributed by atoms with Crippen LogP contribution in [0.1, 0.15) is 39.2 Å². The number of nitrogens with one attached hydrogen (secondary N) is 1. The van der Waals surface area contributed by atoms with Crippen molar-refractivity contribution in [3.8, 4) is 0 Å². The van der Waals surface area contributed by atoms with Gasteiger partial charge in [0.2, 0.25) is 0 Å². The van der Waals surface area contributed by atoms with Gasteiger partial charge in [0.05, 0.1) is 6.54 Å². The van der Waals surface area contributed by atoms with Crippen molar-refractivity contribution in [2.45, 2.75) is 50.6 Å². The lowest BCUT2D eigenvalue weighted by atomic mass is 9.92. The van der Waals surface area contributed by atoms with Gasteiger partial charge in [0.1, 0.15) is 5.54 Å². The van der Waals surface area contributed by atoms with Gasteiger partial charge in [0.25, 0.3) is 5.91 Å². The SMILES string of the molecule is CSc1ccc(CN2C(=O)N[C@@](C)(CCC(C)C)C2=O)cc1. The molecule has 22 heavy (non-hydrogen) atoms. The van der Waals surface area contributed by atoms with Crippen molar-refractivity contribution in [3.63, 3.8) is 0 Å². The van der Waals surface area contributed by atoms with E-state index >= 15 is 0 Å². The van der Waals surface area contributed by atoms with Gasteiger partial charge >= 0.3 is 6.03 Å². The summed E-state index contributed by atoms with van der Waals surface area (Å²) in [6, 6.07) is 7.67. The first-order valence-electron chi connectivity index (χ1n) is 7.63. The van der Waals surface area contributed by atoms with Crippen molar-refractivity contribution in [2.24, 2.45) is 5.92 Å². The summed E-state index contributed by atoms with van der Waals surface area (Å²) >= 11 is 1.67. The predicted octanol–water partition coefficient (Wildman–Crippen LogP) is 3.66. The molecule has 5 heteroatoms. The Morgan fingerprint density at radius 1 is 1.23 bits per heavy atom. The van der Waals surface area contributed by atoms with Crippen LogP contribution in [0, 0.1) is 5.92 Å². The van der Waals surface area contributed by atoms with E-state index in [1.165, 1.54) is 9.80 Å². The second-order valence-electron chi connectivity index (χ2n) is 6.43. The van der Waals surface area contributed by atoms with E-state index in [0.717, 1.165) is 12.0 Å². The van der Waals surface area contributed by atoms with Crippen LogP contribution in [0.5, 0.6) is 0 Å². The first kappa shape index (κ1) is 16.9. The zero-order chi connectivity index (χ0) is 16.3. The Kier molecular flexibility index (Phi) is 5.16. The largest absolute Gasteiger partial charge is 0.325 e. The molecule has 1 atom stereocenters. The van der Waals surface area contributed by atoms with Crippen molar-refractivity contribution in [2.75, 3.05) is 6.26 Å². The van der Waals surface area contributed by atoms with Gasteiger partial charge in [-0.3, -0.25) is 9.69 Å². The van der Waals surface area contributed by atoms with Crippen molar-refractivity contribution in [1.29, 1.82) is 0 Å². The van der Waals surface area contributed by atoms with Gasteiger partial charge in [-0.1, -0.05) is 26.0 Å². The number of hydrogen-bond donors (Lipinski definition) is 1. The molecule has 0 aromatic heterocycles. The second-order valence-corrected chi connectivity index (χ2v) is 7.31. The van der Waals surface area contributed by atoms with Gasteiger partial charge < -0.3 is 5.32 Å². The summed E-state index contributed by atoms with van der Waals surface area (Å²) in [5.41, 5.74) is 0.204. The van der Waals surface area contributed by atoms with Crippen LogP contribution in [-0.4, -0.2) is 28.6 Å². The van der Waals surface area contributed by atoms with Crippen LogP contribution in [0.3, 0.4) is 0 Å². The molecule has 0 spiro atoms. The maximum Gasteiger partial charge on any atom is 0.325 e. The lowest BCUT2D eigenvalue weighted by Gasteiger charge is -2.22. The highest BCUT2D eigenvalue weighted by atomic mass is 32.2. The number of imide groups is 1. The smallest absolute Gasteiger partial charge is 0.323 e. The number of thioether (sulfide) groups is 1. The fourth-order valence-electron chi connectivity index (χ4n) is 2.55. The van der Waals surface area contributed by atoms with Crippen molar-refractivity contribution in [1.82, 2.24) is 10.2 Å². The van der Waals surface area contributed by atoms with Crippen LogP contribution in [0.2, 0.25) is 0 Å². The third kappa shape index (κ3) is 3.64. The highest BCUT2D eigenvalue weighted by molar-refractivity contribution is 7.98. The lowest BCUT2D eigenvalue weighted by Crippen LogP contribution is -2.44. The first-order chi connectivity index (χ1) is 10.4. The maximum atomic E-state index is 12.6. The molecular weight excluding hydrogens is 296 g/mol. The molecule has 0 bridgehead atoms. The number of amides is 3. The van der Waals surface area contributed by atoms with E-state index in [1.807, 2.05) is 37.4 Å². The van der Waals surface area contributed by atoms with Gasteiger partial charge in [-0.15, -0.1) is 11.8 Å². The van der Waals surface area contributed by atoms with E-state index in [2.05, 4.69) is 19.2 Å². The molecule has 0 saturated carbocycles. The molecule has 1 N–H and O–H groups in total. The number of rotatable bonds is 6. The molecule has 0 unspecified atom stereocenters. The Balaban J connectivity index is 2.07. The van der Waals surface area contributed by atoms with Gasteiger partial charge in [0.15, 0.2) is 0 Å². The Hall–Kier alpha value is -1.49. The number of urea groups is 1. The molecule has 0 aliphatic carbocycles. The summed E-state index contributed by atoms with van der Waals surface area (Å²) in [6.07, 6.45) is 3.61. The van der Waals surface area contributed by atoms with Gasteiger partial charge in [-0.05, 0) is 49.6 Å². The topological polar surface area (TPSA) is 49.4 Å². The van der Waals surface area contributed by atoms with Crippen LogP contribution in [-0.2, 0) is 11.3 Å². The highest BCUT2D eigenvalue weighted by Gasteiger charge is 2.47. The normalized spacial score (nSPS) is 21.6. The molecule has 1 saturated heterocycles. The summed E-state index contributed by atoms with van der Waals surface area (Å²) in [5, 5.41) is 2.86. The minimum Gasteiger partial charge on any atom is -0.323 e. The molecule has 3 amide bonds. The van der Waals surface area contributed by atoms with Crippen LogP contribution >= 0.6 is 11.8 Å². The molecule has 1 aliphatic rings. The molecule has 0 radical (unpaired) electrons. The molecule has 2 rings (SSSR count). The van der Waals surface area contributed by atoms with Crippen molar-refractivity contribution >= 4 is 23.7 Å². The van der Waals surface area contributed by atoms with Gasteiger partial charge in [-0.25, -0.2) is 4.79 Å². The average molecular weight is 320 g/mol. The Morgan fingerprint density at radius 2 is 1.86 bits per heavy atom. The zero-order valence-corrected chi connectivity index (χ0v) is 14.5. The summed E-state index contributed by atoms with van der Waals surface area (Å²) in [7, 11) is 0. The second kappa shape index (κ2) is 6.73. The maximum absolute atomic E-state index is 12.6. The van der Waals surface area contributed by atoms with E-state index in [1.54, 1.807) is 11.8 Å². The zero-order valence-electron chi connectivity index (χ0n) is 13.7. The fourth-order valence-corrected chi connectivity index (χ4v) is 2.96. The number of hydrogen-bond acceptors (Lipinski definition) is 3. The van der Waals surface area contributed by atoms with E-state index in [4.69, 9.17) is 0 Å². The molecule has 1 aromatic carbocycles. The van der Waals surface area contributed by atoms with Gasteiger partial charge in [-0.2, -0.15) is 0 Å². The minimum absolute atomic E-state index is 0.118. The number of carbonyl (C=O) groups excluding carboxylic acids is 2. The molecule has 1 aliphatic heterocycles. The standard InChI is InChI=1S/C17H24N2O2S/c1-12(2)9-10-17(3)15(20)19(16(21)18-17)11-13-5-7-14(22-4)8-6-13/h5-8,12H,9-11H2,1-4H3,(H,18,21)/t17-/m0/s1. The van der Waals surface area contributed by atoms with Crippen LogP contribution in [0.25, 0.3) is 0 Å². The van der Waals surface area contributed by atoms with Crippen molar-refractivity contribution in [3.05, 3.63) is 29.8 Å². The van der Waals surface area contributed by atoms with Crippen LogP contribution in [0.15, 0.2) is 29.2 Å². The number of carbonyl (C=O) groups is 2. The Morgan fingerprint density at radius 3 is 2.41 bits per heavy atom. The number of benzene rings is 1. The summed E-state index contributed by atoms with van der Waals surface area (Å²) < 4.78 is 0. The molecule has 4 nitrogen and oxygen atoms in total. The monoisotopic (exact) mass is 320 g/mol. The third-order valence-corrected chi connectivity index (χ3v) is 4.81. The number of nitrogens with zero attached hydrogens (tertiary/aromatic N) is 1. The molecule has 120 valence electrons. The summed E-state index contributed by atoms with van der Waals surface area (Å²) in [6.45, 7) is 6.40. The molecule has 1 fully saturated rings. The highest BCUT2D eigenvalue weighted by Crippen LogP contribution is 2.26. The van der Waals surface area contributed by atoms with E-state index in [0.29, 0.717) is 18.9 Å². The molecular formula is C17H24N2O2S. The minimum atomic E-state index is -0.763. The fraction of sp³-hybridized carbons (Fsp3) is 0.529. The van der Waals surface area contributed by atoms with Crippen LogP contribution in [0.4, 0.5) is 4.79 Å². The summed E-state index contributed by atoms with van der Waals surface area (Å²) in [4.78, 5) is 27.3. The first-order valence-corrected chi connectivity index (χ1v) is 8.85. The van der Waals surface area contributed by atoms with E-state index in [9.17, 15) is 9.59 Å². The average Bonchev–Trinajstić information content (AvgIpc) is 2.70. The molecule has 1 heterocycles. The quantitative estimate of drug-likeness (QED) is 0.643. The lowest BCUT2D eigenvalue weighted by molar-refractivity contribution is -0.131. The predicted molar refractivity (Wildman–Crippen MR) is 89.8 cm³/mol. The third-order valence-electron chi connectivity index (χ3n) is 4.07. The Labute approximate surface area is 136 Å². The summed E-state index contributed by atoms with van der Waals surface area (Å²) in [5.74, 6) is 0.391.